The average Bonchev–Trinajstić information content (AvgIpc) is 3.20. The number of hydrogen-bond acceptors (Lipinski definition) is 6. The SMILES string of the molecule is C=C(/C=C\C(=C/C)c1cc(C(=P)c2cc(F)c(OCCOC)cc2N)on1)OCC. The summed E-state index contributed by atoms with van der Waals surface area (Å²) in [6, 6.07) is 4.44. The third-order valence-electron chi connectivity index (χ3n) is 4.06. The second kappa shape index (κ2) is 11.3. The van der Waals surface area contributed by atoms with E-state index >= 15 is 0 Å². The summed E-state index contributed by atoms with van der Waals surface area (Å²) in [6.45, 7) is 8.68. The van der Waals surface area contributed by atoms with Crippen molar-refractivity contribution in [2.45, 2.75) is 13.8 Å². The molecule has 0 bridgehead atoms. The summed E-state index contributed by atoms with van der Waals surface area (Å²) in [5.74, 6) is 0.459. The summed E-state index contributed by atoms with van der Waals surface area (Å²) in [4.78, 5) is 0. The van der Waals surface area contributed by atoms with Gasteiger partial charge in [-0.3, -0.25) is 0 Å². The standard InChI is InChI=1S/C22H26FN2O4P/c1-5-15(8-7-14(3)27-6-2)19-13-21(29-25-19)22(30)16-11-17(23)20(12-18(16)24)28-10-9-26-4/h5,7-8,11-13,30H,3,6,9-10,24H2,1-2,4H3/b8-7-,15-5+. The van der Waals surface area contributed by atoms with Crippen LogP contribution in [0.3, 0.4) is 0 Å². The lowest BCUT2D eigenvalue weighted by molar-refractivity contribution is 0.144. The van der Waals surface area contributed by atoms with Gasteiger partial charge in [0.25, 0.3) is 0 Å². The largest absolute Gasteiger partial charge is 0.495 e. The van der Waals surface area contributed by atoms with Crippen LogP contribution in [0.15, 0.2) is 53.3 Å². The highest BCUT2D eigenvalue weighted by Crippen LogP contribution is 2.28. The van der Waals surface area contributed by atoms with Gasteiger partial charge in [-0.15, -0.1) is 8.86 Å². The molecular formula is C22H26FN2O4P. The smallest absolute Gasteiger partial charge is 0.172 e. The van der Waals surface area contributed by atoms with Crippen molar-refractivity contribution in [3.63, 3.8) is 0 Å². The Morgan fingerprint density at radius 3 is 2.73 bits per heavy atom. The highest BCUT2D eigenvalue weighted by Gasteiger charge is 2.17. The second-order valence-corrected chi connectivity index (χ2v) is 6.64. The van der Waals surface area contributed by atoms with Gasteiger partial charge in [0.05, 0.1) is 13.2 Å². The second-order valence-electron chi connectivity index (χ2n) is 6.14. The van der Waals surface area contributed by atoms with Gasteiger partial charge in [0.1, 0.15) is 18.1 Å². The first kappa shape index (κ1) is 23.4. The highest BCUT2D eigenvalue weighted by molar-refractivity contribution is 7.23. The maximum atomic E-state index is 14.4. The first-order chi connectivity index (χ1) is 14.4. The molecule has 0 atom stereocenters. The molecule has 0 unspecified atom stereocenters. The summed E-state index contributed by atoms with van der Waals surface area (Å²) in [5, 5.41) is 4.55. The summed E-state index contributed by atoms with van der Waals surface area (Å²) in [7, 11) is 5.04. The summed E-state index contributed by atoms with van der Waals surface area (Å²) in [5.41, 5.74) is 8.26. The van der Waals surface area contributed by atoms with Gasteiger partial charge >= 0.3 is 0 Å². The molecular weight excluding hydrogens is 406 g/mol. The minimum Gasteiger partial charge on any atom is -0.495 e. The maximum absolute atomic E-state index is 14.4. The van der Waals surface area contributed by atoms with Gasteiger partial charge in [-0.1, -0.05) is 17.8 Å². The van der Waals surface area contributed by atoms with Crippen LogP contribution < -0.4 is 10.5 Å². The summed E-state index contributed by atoms with van der Waals surface area (Å²) >= 11 is 0. The minimum absolute atomic E-state index is 0.0573. The van der Waals surface area contributed by atoms with E-state index in [9.17, 15) is 4.39 Å². The number of aromatic nitrogens is 1. The molecule has 1 aromatic carbocycles. The number of nitrogens with zero attached hydrogens (tertiary/aromatic N) is 1. The molecule has 0 aliphatic heterocycles. The average molecular weight is 432 g/mol. The Morgan fingerprint density at radius 1 is 1.30 bits per heavy atom. The maximum Gasteiger partial charge on any atom is 0.172 e. The lowest BCUT2D eigenvalue weighted by Crippen LogP contribution is -2.08. The number of methoxy groups -OCH3 is 1. The van der Waals surface area contributed by atoms with Crippen molar-refractivity contribution >= 4 is 25.4 Å². The van der Waals surface area contributed by atoms with Gasteiger partial charge < -0.3 is 24.5 Å². The number of nitrogens with two attached hydrogens (primary N) is 1. The van der Waals surface area contributed by atoms with Crippen LogP contribution >= 0.6 is 8.86 Å². The van der Waals surface area contributed by atoms with Crippen LogP contribution in [0.25, 0.3) is 5.57 Å². The molecule has 0 aliphatic rings. The molecule has 0 aliphatic carbocycles. The van der Waals surface area contributed by atoms with Gasteiger partial charge in [-0.2, -0.15) is 0 Å². The van der Waals surface area contributed by atoms with E-state index in [4.69, 9.17) is 24.5 Å². The van der Waals surface area contributed by atoms with Crippen LogP contribution in [0.5, 0.6) is 5.75 Å². The van der Waals surface area contributed by atoms with Gasteiger partial charge in [0, 0.05) is 35.8 Å². The van der Waals surface area contributed by atoms with Crippen molar-refractivity contribution in [2.24, 2.45) is 0 Å². The zero-order valence-corrected chi connectivity index (χ0v) is 18.3. The topological polar surface area (TPSA) is 79.7 Å². The van der Waals surface area contributed by atoms with E-state index < -0.39 is 5.82 Å². The van der Waals surface area contributed by atoms with Crippen LogP contribution in [-0.4, -0.2) is 37.4 Å². The number of allylic oxidation sites excluding steroid dienone is 4. The zero-order chi connectivity index (χ0) is 22.1. The van der Waals surface area contributed by atoms with Crippen LogP contribution in [0.2, 0.25) is 0 Å². The first-order valence-electron chi connectivity index (χ1n) is 9.34. The Kier molecular flexibility index (Phi) is 8.84. The van der Waals surface area contributed by atoms with Crippen molar-refractivity contribution in [2.75, 3.05) is 32.7 Å². The fraction of sp³-hybridized carbons (Fsp3) is 0.273. The lowest BCUT2D eigenvalue weighted by Gasteiger charge is -2.11. The Bertz CT molecular complexity index is 966. The molecule has 1 heterocycles. The summed E-state index contributed by atoms with van der Waals surface area (Å²) in [6.07, 6.45) is 5.46. The first-order valence-corrected chi connectivity index (χ1v) is 9.84. The molecule has 0 fully saturated rings. The van der Waals surface area contributed by atoms with E-state index in [1.165, 1.54) is 12.1 Å². The molecule has 1 aromatic heterocycles. The summed E-state index contributed by atoms with van der Waals surface area (Å²) < 4.78 is 35.4. The number of halogens is 1. The molecule has 0 saturated heterocycles. The number of benzene rings is 1. The molecule has 30 heavy (non-hydrogen) atoms. The number of anilines is 1. The fourth-order valence-corrected chi connectivity index (χ4v) is 2.87. The van der Waals surface area contributed by atoms with Crippen molar-refractivity contribution in [1.29, 1.82) is 0 Å². The van der Waals surface area contributed by atoms with Crippen molar-refractivity contribution in [3.05, 3.63) is 71.6 Å². The lowest BCUT2D eigenvalue weighted by atomic mass is 10.1. The minimum atomic E-state index is -0.544. The van der Waals surface area contributed by atoms with E-state index in [1.54, 1.807) is 19.3 Å². The molecule has 6 nitrogen and oxygen atoms in total. The van der Waals surface area contributed by atoms with E-state index in [2.05, 4.69) is 20.6 Å². The van der Waals surface area contributed by atoms with Crippen LogP contribution in [-0.2, 0) is 9.47 Å². The number of nitrogen functional groups attached to an aromatic ring is 1. The molecule has 2 aromatic rings. The molecule has 8 heteroatoms. The monoisotopic (exact) mass is 432 g/mol. The Labute approximate surface area is 178 Å². The van der Waals surface area contributed by atoms with E-state index in [1.807, 2.05) is 26.0 Å². The Morgan fingerprint density at radius 2 is 2.07 bits per heavy atom. The fourth-order valence-electron chi connectivity index (χ4n) is 2.54. The van der Waals surface area contributed by atoms with Crippen molar-refractivity contribution in [1.82, 2.24) is 5.16 Å². The molecule has 0 amide bonds. The third kappa shape index (κ3) is 6.05. The van der Waals surface area contributed by atoms with E-state index in [0.717, 1.165) is 5.57 Å². The Balaban J connectivity index is 2.21. The quantitative estimate of drug-likeness (QED) is 0.183. The van der Waals surface area contributed by atoms with Crippen molar-refractivity contribution < 1.29 is 23.1 Å². The number of ether oxygens (including phenoxy) is 3. The van der Waals surface area contributed by atoms with Crippen molar-refractivity contribution in [3.8, 4) is 5.75 Å². The third-order valence-corrected chi connectivity index (χ3v) is 4.58. The van der Waals surface area contributed by atoms with Crippen LogP contribution in [0, 0.1) is 5.82 Å². The molecule has 0 saturated carbocycles. The van der Waals surface area contributed by atoms with Crippen LogP contribution in [0.4, 0.5) is 10.1 Å². The van der Waals surface area contributed by atoms with E-state index in [0.29, 0.717) is 47.0 Å². The molecule has 0 radical (unpaired) electrons. The Hall–Kier alpha value is -2.89. The zero-order valence-electron chi connectivity index (χ0n) is 17.3. The predicted octanol–water partition coefficient (Wildman–Crippen LogP) is 4.64. The molecule has 160 valence electrons. The number of rotatable bonds is 11. The van der Waals surface area contributed by atoms with Gasteiger partial charge in [0.15, 0.2) is 17.3 Å². The van der Waals surface area contributed by atoms with E-state index in [-0.39, 0.29) is 12.4 Å². The molecule has 2 rings (SSSR count). The van der Waals surface area contributed by atoms with Gasteiger partial charge in [-0.25, -0.2) is 4.39 Å². The van der Waals surface area contributed by atoms with Gasteiger partial charge in [0.2, 0.25) is 0 Å². The predicted molar refractivity (Wildman–Crippen MR) is 120 cm³/mol. The number of hydrogen-bond donors (Lipinski definition) is 1. The molecule has 0 spiro atoms. The molecule has 2 N–H and O–H groups in total. The highest BCUT2D eigenvalue weighted by atomic mass is 31.0. The van der Waals surface area contributed by atoms with Crippen LogP contribution in [0.1, 0.15) is 30.9 Å². The normalized spacial score (nSPS) is 11.7. The van der Waals surface area contributed by atoms with Gasteiger partial charge in [-0.05, 0) is 37.6 Å².